The summed E-state index contributed by atoms with van der Waals surface area (Å²) in [4.78, 5) is 17.0. The summed E-state index contributed by atoms with van der Waals surface area (Å²) in [5, 5.41) is 13.1. The van der Waals surface area contributed by atoms with Crippen molar-refractivity contribution in [2.75, 3.05) is 13.2 Å². The Hall–Kier alpha value is -3.72. The molecule has 3 aromatic heterocycles. The minimum atomic E-state index is -0.583. The molecule has 9 heteroatoms. The highest BCUT2D eigenvalue weighted by atomic mass is 16.6. The molecule has 34 heavy (non-hydrogen) atoms. The number of aryl methyl sites for hydroxylation is 1. The number of carbonyl (C=O) groups excluding carboxylic acids is 1. The van der Waals surface area contributed by atoms with Crippen LogP contribution in [0, 0.1) is 6.92 Å². The Morgan fingerprint density at radius 1 is 1.21 bits per heavy atom. The van der Waals surface area contributed by atoms with E-state index in [1.807, 2.05) is 79.8 Å². The van der Waals surface area contributed by atoms with Gasteiger partial charge in [-0.3, -0.25) is 4.68 Å². The van der Waals surface area contributed by atoms with Crippen molar-refractivity contribution in [2.45, 2.75) is 45.9 Å². The van der Waals surface area contributed by atoms with Crippen molar-refractivity contribution in [3.63, 3.8) is 0 Å². The first kappa shape index (κ1) is 22.1. The van der Waals surface area contributed by atoms with Gasteiger partial charge in [0.25, 0.3) is 0 Å². The van der Waals surface area contributed by atoms with Crippen LogP contribution in [0.15, 0.2) is 48.9 Å². The van der Waals surface area contributed by atoms with E-state index in [9.17, 15) is 4.79 Å². The maximum atomic E-state index is 12.3. The van der Waals surface area contributed by atoms with Gasteiger partial charge in [0.2, 0.25) is 0 Å². The lowest BCUT2D eigenvalue weighted by atomic mass is 10.1. The minimum absolute atomic E-state index is 0.202. The summed E-state index contributed by atoms with van der Waals surface area (Å²) in [7, 11) is 0. The van der Waals surface area contributed by atoms with Crippen LogP contribution >= 0.6 is 0 Å². The lowest BCUT2D eigenvalue weighted by molar-refractivity contribution is -0.0286. The lowest BCUT2D eigenvalue weighted by Gasteiger charge is -2.25. The molecular formula is C25H28N6O3. The number of fused-ring (bicyclic) bond motifs is 1. The van der Waals surface area contributed by atoms with Crippen LogP contribution in [0.4, 0.5) is 4.79 Å². The number of aromatic nitrogens is 5. The van der Waals surface area contributed by atoms with Crippen LogP contribution in [0.1, 0.15) is 38.1 Å². The predicted molar refractivity (Wildman–Crippen MR) is 128 cm³/mol. The molecule has 1 N–H and O–H groups in total. The van der Waals surface area contributed by atoms with Gasteiger partial charge in [0.05, 0.1) is 48.8 Å². The first-order chi connectivity index (χ1) is 16.3. The number of nitrogens with one attached hydrogen (secondary N) is 1. The van der Waals surface area contributed by atoms with E-state index < -0.39 is 11.7 Å². The second-order valence-electron chi connectivity index (χ2n) is 9.51. The Bertz CT molecular complexity index is 1330. The van der Waals surface area contributed by atoms with Crippen molar-refractivity contribution in [2.24, 2.45) is 0 Å². The highest BCUT2D eigenvalue weighted by Crippen LogP contribution is 2.32. The van der Waals surface area contributed by atoms with Crippen molar-refractivity contribution >= 4 is 17.1 Å². The Morgan fingerprint density at radius 3 is 2.65 bits per heavy atom. The maximum absolute atomic E-state index is 12.3. The SMILES string of the molecule is Cc1ccc(-n2nc(CNC(=O)OC(C)(C)C)c3c(-c4cnn(C5COC5)c4)ccnc32)cc1. The monoisotopic (exact) mass is 460 g/mol. The maximum Gasteiger partial charge on any atom is 0.407 e. The normalized spacial score (nSPS) is 14.2. The number of alkyl carbamates (subject to hydrolysis) is 1. The van der Waals surface area contributed by atoms with Crippen LogP contribution in [0.25, 0.3) is 27.8 Å². The third-order valence-electron chi connectivity index (χ3n) is 5.63. The average molecular weight is 461 g/mol. The number of pyridine rings is 1. The highest BCUT2D eigenvalue weighted by Gasteiger charge is 2.24. The van der Waals surface area contributed by atoms with Gasteiger partial charge in [-0.15, -0.1) is 0 Å². The molecule has 176 valence electrons. The largest absolute Gasteiger partial charge is 0.444 e. The summed E-state index contributed by atoms with van der Waals surface area (Å²) in [5.41, 5.74) is 4.79. The van der Waals surface area contributed by atoms with Crippen LogP contribution < -0.4 is 5.32 Å². The number of amides is 1. The Balaban J connectivity index is 1.57. The molecule has 1 fully saturated rings. The first-order valence-electron chi connectivity index (χ1n) is 11.3. The smallest absolute Gasteiger partial charge is 0.407 e. The third-order valence-corrected chi connectivity index (χ3v) is 5.63. The Labute approximate surface area is 197 Å². The van der Waals surface area contributed by atoms with Gasteiger partial charge in [-0.25, -0.2) is 14.5 Å². The first-order valence-corrected chi connectivity index (χ1v) is 11.3. The van der Waals surface area contributed by atoms with Gasteiger partial charge in [0.15, 0.2) is 5.65 Å². The van der Waals surface area contributed by atoms with Gasteiger partial charge in [0.1, 0.15) is 5.60 Å². The number of hydrogen-bond donors (Lipinski definition) is 1. The average Bonchev–Trinajstić information content (AvgIpc) is 3.36. The van der Waals surface area contributed by atoms with E-state index in [1.54, 1.807) is 6.20 Å². The third kappa shape index (κ3) is 4.38. The number of benzene rings is 1. The zero-order chi connectivity index (χ0) is 23.9. The summed E-state index contributed by atoms with van der Waals surface area (Å²) in [6, 6.07) is 10.3. The summed E-state index contributed by atoms with van der Waals surface area (Å²) < 4.78 is 14.5. The van der Waals surface area contributed by atoms with Crippen molar-refractivity contribution in [3.8, 4) is 16.8 Å². The van der Waals surface area contributed by atoms with E-state index in [-0.39, 0.29) is 12.6 Å². The van der Waals surface area contributed by atoms with E-state index in [0.717, 1.165) is 27.8 Å². The number of rotatable bonds is 5. The molecule has 0 spiro atoms. The van der Waals surface area contributed by atoms with E-state index in [2.05, 4.69) is 15.4 Å². The van der Waals surface area contributed by atoms with Crippen molar-refractivity contribution in [1.82, 2.24) is 29.9 Å². The van der Waals surface area contributed by atoms with Crippen LogP contribution in [0.5, 0.6) is 0 Å². The molecule has 0 atom stereocenters. The predicted octanol–water partition coefficient (Wildman–Crippen LogP) is 4.19. The van der Waals surface area contributed by atoms with E-state index in [4.69, 9.17) is 14.6 Å². The molecule has 1 saturated heterocycles. The quantitative estimate of drug-likeness (QED) is 0.480. The molecule has 0 saturated carbocycles. The van der Waals surface area contributed by atoms with Crippen molar-refractivity contribution in [3.05, 3.63) is 60.2 Å². The number of hydrogen-bond acceptors (Lipinski definition) is 6. The molecule has 4 aromatic rings. The van der Waals surface area contributed by atoms with Gasteiger partial charge in [0, 0.05) is 18.0 Å². The molecule has 9 nitrogen and oxygen atoms in total. The molecule has 1 aliphatic rings. The molecule has 0 radical (unpaired) electrons. The van der Waals surface area contributed by atoms with Gasteiger partial charge in [-0.1, -0.05) is 17.7 Å². The van der Waals surface area contributed by atoms with Crippen LogP contribution in [0.3, 0.4) is 0 Å². The fraction of sp³-hybridized carbons (Fsp3) is 0.360. The van der Waals surface area contributed by atoms with Gasteiger partial charge < -0.3 is 14.8 Å². The second-order valence-corrected chi connectivity index (χ2v) is 9.51. The molecule has 0 bridgehead atoms. The molecular weight excluding hydrogens is 432 g/mol. The zero-order valence-corrected chi connectivity index (χ0v) is 19.8. The number of nitrogens with zero attached hydrogens (tertiary/aromatic N) is 5. The van der Waals surface area contributed by atoms with Crippen LogP contribution in [-0.4, -0.2) is 49.5 Å². The topological polar surface area (TPSA) is 96.1 Å². The van der Waals surface area contributed by atoms with Crippen molar-refractivity contribution < 1.29 is 14.3 Å². The van der Waals surface area contributed by atoms with Crippen LogP contribution in [-0.2, 0) is 16.0 Å². The summed E-state index contributed by atoms with van der Waals surface area (Å²) in [5.74, 6) is 0. The summed E-state index contributed by atoms with van der Waals surface area (Å²) in [6.07, 6.45) is 5.16. The lowest BCUT2D eigenvalue weighted by Crippen LogP contribution is -2.32. The second kappa shape index (κ2) is 8.57. The molecule has 0 unspecified atom stereocenters. The number of ether oxygens (including phenoxy) is 2. The zero-order valence-electron chi connectivity index (χ0n) is 19.8. The molecule has 1 amide bonds. The molecule has 4 heterocycles. The van der Waals surface area contributed by atoms with Gasteiger partial charge in [-0.2, -0.15) is 10.2 Å². The molecule has 0 aliphatic carbocycles. The van der Waals surface area contributed by atoms with Gasteiger partial charge >= 0.3 is 6.09 Å². The van der Waals surface area contributed by atoms with Crippen molar-refractivity contribution in [1.29, 1.82) is 0 Å². The fourth-order valence-electron chi connectivity index (χ4n) is 3.87. The Morgan fingerprint density at radius 2 is 1.97 bits per heavy atom. The molecule has 5 rings (SSSR count). The van der Waals surface area contributed by atoms with E-state index >= 15 is 0 Å². The molecule has 1 aliphatic heterocycles. The standard InChI is InChI=1S/C25H28N6O3/c1-16-5-7-18(8-6-16)31-23-22(21(29-31)12-27-24(32)34-25(2,3)4)20(9-10-26-23)17-11-28-30(13-17)19-14-33-15-19/h5-11,13,19H,12,14-15H2,1-4H3,(H,27,32). The summed E-state index contributed by atoms with van der Waals surface area (Å²) >= 11 is 0. The highest BCUT2D eigenvalue weighted by molar-refractivity contribution is 5.95. The van der Waals surface area contributed by atoms with Crippen LogP contribution in [0.2, 0.25) is 0 Å². The van der Waals surface area contributed by atoms with E-state index in [1.165, 1.54) is 0 Å². The molecule has 1 aromatic carbocycles. The minimum Gasteiger partial charge on any atom is -0.444 e. The summed E-state index contributed by atoms with van der Waals surface area (Å²) in [6.45, 7) is 9.09. The van der Waals surface area contributed by atoms with E-state index in [0.29, 0.717) is 24.6 Å². The Kier molecular flexibility index (Phi) is 5.57. The fourth-order valence-corrected chi connectivity index (χ4v) is 3.87. The van der Waals surface area contributed by atoms with Gasteiger partial charge in [-0.05, 0) is 51.5 Å². The number of carbonyl (C=O) groups is 1.